The fourth-order valence-corrected chi connectivity index (χ4v) is 8.21. The van der Waals surface area contributed by atoms with Crippen LogP contribution in [0.4, 0.5) is 17.1 Å². The van der Waals surface area contributed by atoms with Crippen LogP contribution in [0.15, 0.2) is 146 Å². The number of aromatic nitrogens is 3. The lowest BCUT2D eigenvalue weighted by Crippen LogP contribution is -2.18. The Kier molecular flexibility index (Phi) is 5.12. The molecule has 4 nitrogen and oxygen atoms in total. The van der Waals surface area contributed by atoms with Gasteiger partial charge in [-0.15, -0.1) is 11.3 Å². The molecule has 0 radical (unpaired) electrons. The zero-order valence-electron chi connectivity index (χ0n) is 24.1. The van der Waals surface area contributed by atoms with E-state index in [0.717, 1.165) is 39.3 Å². The summed E-state index contributed by atoms with van der Waals surface area (Å²) in [5.41, 5.74) is 11.4. The second-order valence-electron chi connectivity index (χ2n) is 11.5. The number of fused-ring (bicyclic) bond motifs is 8. The fourth-order valence-electron chi connectivity index (χ4n) is 7.09. The first-order chi connectivity index (χ1) is 22.3. The number of para-hydroxylation sites is 3. The van der Waals surface area contributed by atoms with Crippen molar-refractivity contribution in [3.8, 4) is 27.9 Å². The van der Waals surface area contributed by atoms with Crippen LogP contribution in [0.25, 0.3) is 69.9 Å². The van der Waals surface area contributed by atoms with Gasteiger partial charge in [0.2, 0.25) is 0 Å². The van der Waals surface area contributed by atoms with Crippen LogP contribution in [0.1, 0.15) is 0 Å². The molecule has 0 amide bonds. The van der Waals surface area contributed by atoms with Gasteiger partial charge in [-0.1, -0.05) is 54.6 Å². The molecule has 0 spiro atoms. The fraction of sp³-hybridized carbons (Fsp3) is 0. The third kappa shape index (κ3) is 3.59. The molecule has 0 N–H and O–H groups in total. The Morgan fingerprint density at radius 2 is 1.16 bits per heavy atom. The van der Waals surface area contributed by atoms with Crippen molar-refractivity contribution in [1.82, 2.24) is 14.5 Å². The van der Waals surface area contributed by atoms with Crippen molar-refractivity contribution >= 4 is 70.4 Å². The summed E-state index contributed by atoms with van der Waals surface area (Å²) in [5.74, 6) is 0. The van der Waals surface area contributed by atoms with Crippen LogP contribution in [0.2, 0.25) is 0 Å². The van der Waals surface area contributed by atoms with Crippen LogP contribution in [-0.2, 0) is 0 Å². The Morgan fingerprint density at radius 3 is 1.91 bits per heavy atom. The lowest BCUT2D eigenvalue weighted by Gasteiger charge is -2.33. The average Bonchev–Trinajstić information content (AvgIpc) is 3.64. The standard InChI is InChI=1S/C40H24N4S/c1-4-15-38-30(10-1)33-21-37-32(22-39(33)45-38)31-11-5-14-36-40(31)44(37)35-13-3-2-12-34(35)43(36)29-19-27(25-8-6-16-41-23-25)18-28(20-29)26-9-7-17-42-24-26/h1-24H. The van der Waals surface area contributed by atoms with Crippen LogP contribution in [0.3, 0.4) is 0 Å². The van der Waals surface area contributed by atoms with Crippen molar-refractivity contribution in [3.05, 3.63) is 146 Å². The molecule has 5 aromatic carbocycles. The number of nitrogens with zero attached hydrogens (tertiary/aromatic N) is 4. The number of pyridine rings is 2. The highest BCUT2D eigenvalue weighted by molar-refractivity contribution is 7.25. The first kappa shape index (κ1) is 24.6. The van der Waals surface area contributed by atoms with E-state index in [9.17, 15) is 0 Å². The second kappa shape index (κ2) is 9.36. The quantitative estimate of drug-likeness (QED) is 0.205. The van der Waals surface area contributed by atoms with E-state index in [2.05, 4.69) is 129 Å². The van der Waals surface area contributed by atoms with Crippen molar-refractivity contribution < 1.29 is 0 Å². The summed E-state index contributed by atoms with van der Waals surface area (Å²) in [5, 5.41) is 5.17. The summed E-state index contributed by atoms with van der Waals surface area (Å²) in [4.78, 5) is 11.3. The third-order valence-electron chi connectivity index (χ3n) is 9.03. The highest BCUT2D eigenvalue weighted by Gasteiger charge is 2.29. The third-order valence-corrected chi connectivity index (χ3v) is 10.2. The van der Waals surface area contributed by atoms with Crippen LogP contribution >= 0.6 is 11.3 Å². The van der Waals surface area contributed by atoms with Gasteiger partial charge in [0, 0.05) is 72.5 Å². The van der Waals surface area contributed by atoms with Gasteiger partial charge in [0.15, 0.2) is 0 Å². The zero-order chi connectivity index (χ0) is 29.5. The van der Waals surface area contributed by atoms with E-state index in [1.807, 2.05) is 48.3 Å². The molecular formula is C40H24N4S. The molecule has 0 aliphatic carbocycles. The minimum atomic E-state index is 1.08. The Morgan fingerprint density at radius 1 is 0.467 bits per heavy atom. The van der Waals surface area contributed by atoms with Crippen LogP contribution < -0.4 is 4.90 Å². The summed E-state index contributed by atoms with van der Waals surface area (Å²) in [6.45, 7) is 0. The average molecular weight is 593 g/mol. The van der Waals surface area contributed by atoms with E-state index >= 15 is 0 Å². The van der Waals surface area contributed by atoms with E-state index in [1.54, 1.807) is 0 Å². The first-order valence-corrected chi connectivity index (χ1v) is 15.9. The van der Waals surface area contributed by atoms with Gasteiger partial charge in [0.05, 0.1) is 28.1 Å². The van der Waals surface area contributed by atoms with Gasteiger partial charge in [-0.3, -0.25) is 9.97 Å². The Hall–Kier alpha value is -5.78. The maximum Gasteiger partial charge on any atom is 0.0783 e. The predicted molar refractivity (Wildman–Crippen MR) is 188 cm³/mol. The molecule has 4 aromatic heterocycles. The molecule has 0 saturated heterocycles. The predicted octanol–water partition coefficient (Wildman–Crippen LogP) is 11.1. The van der Waals surface area contributed by atoms with Crippen molar-refractivity contribution in [2.75, 3.05) is 4.90 Å². The molecule has 1 aliphatic rings. The molecule has 210 valence electrons. The topological polar surface area (TPSA) is 34.0 Å². The van der Waals surface area contributed by atoms with Gasteiger partial charge in [-0.25, -0.2) is 0 Å². The molecule has 0 saturated carbocycles. The van der Waals surface area contributed by atoms with Crippen LogP contribution in [0.5, 0.6) is 0 Å². The Labute approximate surface area is 263 Å². The van der Waals surface area contributed by atoms with Crippen LogP contribution in [0, 0.1) is 0 Å². The molecule has 45 heavy (non-hydrogen) atoms. The normalized spacial score (nSPS) is 12.4. The van der Waals surface area contributed by atoms with Crippen molar-refractivity contribution in [3.63, 3.8) is 0 Å². The number of thiophene rings is 1. The number of benzene rings is 5. The van der Waals surface area contributed by atoms with Gasteiger partial charge < -0.3 is 9.47 Å². The van der Waals surface area contributed by atoms with E-state index in [4.69, 9.17) is 0 Å². The molecule has 0 unspecified atom stereocenters. The summed E-state index contributed by atoms with van der Waals surface area (Å²) < 4.78 is 5.13. The number of hydrogen-bond donors (Lipinski definition) is 0. The summed E-state index contributed by atoms with van der Waals surface area (Å²) in [7, 11) is 0. The van der Waals surface area contributed by atoms with Crippen molar-refractivity contribution in [1.29, 1.82) is 0 Å². The molecule has 5 heterocycles. The van der Waals surface area contributed by atoms with Gasteiger partial charge in [-0.05, 0) is 77.9 Å². The second-order valence-corrected chi connectivity index (χ2v) is 12.6. The molecule has 5 heteroatoms. The Balaban J connectivity index is 1.29. The van der Waals surface area contributed by atoms with E-state index in [1.165, 1.54) is 47.7 Å². The number of hydrogen-bond acceptors (Lipinski definition) is 4. The highest BCUT2D eigenvalue weighted by atomic mass is 32.1. The lowest BCUT2D eigenvalue weighted by atomic mass is 9.98. The van der Waals surface area contributed by atoms with Crippen molar-refractivity contribution in [2.24, 2.45) is 0 Å². The van der Waals surface area contributed by atoms with Gasteiger partial charge in [-0.2, -0.15) is 0 Å². The first-order valence-electron chi connectivity index (χ1n) is 15.1. The minimum absolute atomic E-state index is 1.08. The minimum Gasteiger partial charge on any atom is -0.306 e. The molecule has 0 atom stereocenters. The largest absolute Gasteiger partial charge is 0.306 e. The summed E-state index contributed by atoms with van der Waals surface area (Å²) >= 11 is 1.87. The molecule has 10 rings (SSSR count). The molecule has 0 fully saturated rings. The number of anilines is 3. The summed E-state index contributed by atoms with van der Waals surface area (Å²) in [6, 6.07) is 44.1. The maximum atomic E-state index is 4.44. The summed E-state index contributed by atoms with van der Waals surface area (Å²) in [6.07, 6.45) is 7.51. The zero-order valence-corrected chi connectivity index (χ0v) is 24.9. The van der Waals surface area contributed by atoms with E-state index in [-0.39, 0.29) is 0 Å². The lowest BCUT2D eigenvalue weighted by molar-refractivity contribution is 1.11. The molecule has 1 aliphatic heterocycles. The van der Waals surface area contributed by atoms with Gasteiger partial charge in [0.1, 0.15) is 0 Å². The Bertz CT molecular complexity index is 2540. The van der Waals surface area contributed by atoms with Gasteiger partial charge in [0.25, 0.3) is 0 Å². The SMILES string of the molecule is c1cncc(-c2cc(-c3cccnc3)cc(N3c4ccccc4-n4c5cc6c(cc5c5cccc3c54)sc3ccccc36)c2)c1. The molecule has 0 bridgehead atoms. The molecular weight excluding hydrogens is 569 g/mol. The van der Waals surface area contributed by atoms with Crippen LogP contribution in [-0.4, -0.2) is 14.5 Å². The molecule has 9 aromatic rings. The van der Waals surface area contributed by atoms with Gasteiger partial charge >= 0.3 is 0 Å². The smallest absolute Gasteiger partial charge is 0.0783 e. The monoisotopic (exact) mass is 592 g/mol. The number of rotatable bonds is 3. The van der Waals surface area contributed by atoms with E-state index in [0.29, 0.717) is 0 Å². The highest BCUT2D eigenvalue weighted by Crippen LogP contribution is 2.51. The van der Waals surface area contributed by atoms with Crippen molar-refractivity contribution in [2.45, 2.75) is 0 Å². The van der Waals surface area contributed by atoms with E-state index < -0.39 is 0 Å². The maximum absolute atomic E-state index is 4.44.